The maximum atomic E-state index is 11.5. The number of hydrogen-bond donors (Lipinski definition) is 0. The van der Waals surface area contributed by atoms with Gasteiger partial charge in [0.25, 0.3) is 0 Å². The van der Waals surface area contributed by atoms with Gasteiger partial charge in [-0.2, -0.15) is 0 Å². The van der Waals surface area contributed by atoms with Gasteiger partial charge in [0.15, 0.2) is 0 Å². The Morgan fingerprint density at radius 2 is 1.05 bits per heavy atom. The zero-order valence-corrected chi connectivity index (χ0v) is 10.9. The van der Waals surface area contributed by atoms with Crippen molar-refractivity contribution in [3.63, 3.8) is 0 Å². The molecule has 0 heterocycles. The molecule has 0 unspecified atom stereocenters. The molecule has 20 heavy (non-hydrogen) atoms. The summed E-state index contributed by atoms with van der Waals surface area (Å²) in [7, 11) is -2.59. The Labute approximate surface area is 111 Å². The molecule has 0 saturated heterocycles. The van der Waals surface area contributed by atoms with Crippen LogP contribution in [0.25, 0.3) is 0 Å². The Morgan fingerprint density at radius 3 is 1.35 bits per heavy atom. The lowest BCUT2D eigenvalue weighted by atomic mass is 10.5. The van der Waals surface area contributed by atoms with Crippen LogP contribution in [0.4, 0.5) is 26.3 Å². The average molecular weight is 333 g/mol. The fourth-order valence-electron chi connectivity index (χ4n) is 0.809. The third-order valence-electron chi connectivity index (χ3n) is 1.50. The summed E-state index contributed by atoms with van der Waals surface area (Å²) in [5.74, 6) is 0. The highest BCUT2D eigenvalue weighted by Gasteiger charge is 2.30. The van der Waals surface area contributed by atoms with E-state index in [1.165, 1.54) is 0 Å². The van der Waals surface area contributed by atoms with E-state index in [2.05, 4.69) is 18.5 Å². The van der Waals surface area contributed by atoms with Crippen molar-refractivity contribution < 1.29 is 49.4 Å². The molecular formula is C8H12F6O5P+. The third kappa shape index (κ3) is 15.6. The Bertz CT molecular complexity index is 256. The minimum atomic E-state index is -4.74. The van der Waals surface area contributed by atoms with Gasteiger partial charge in [0.05, 0.1) is 13.2 Å². The van der Waals surface area contributed by atoms with Crippen molar-refractivity contribution >= 4 is 8.25 Å². The van der Waals surface area contributed by atoms with Crippen molar-refractivity contribution in [2.24, 2.45) is 0 Å². The number of ether oxygens (including phenoxy) is 2. The van der Waals surface area contributed by atoms with Crippen LogP contribution in [0.3, 0.4) is 0 Å². The van der Waals surface area contributed by atoms with Crippen molar-refractivity contribution in [2.75, 3.05) is 26.4 Å². The van der Waals surface area contributed by atoms with Crippen LogP contribution in [0.1, 0.15) is 12.8 Å². The highest BCUT2D eigenvalue weighted by molar-refractivity contribution is 7.33. The summed E-state index contributed by atoms with van der Waals surface area (Å²) in [6.45, 7) is -1.92. The predicted molar refractivity (Wildman–Crippen MR) is 52.8 cm³/mol. The van der Waals surface area contributed by atoms with Gasteiger partial charge in [0.2, 0.25) is 0 Å². The van der Waals surface area contributed by atoms with Crippen LogP contribution >= 0.6 is 8.25 Å². The summed E-state index contributed by atoms with van der Waals surface area (Å²) in [4.78, 5) is 0. The van der Waals surface area contributed by atoms with Gasteiger partial charge in [-0.1, -0.05) is 0 Å². The highest BCUT2D eigenvalue weighted by Crippen LogP contribution is 2.24. The molecule has 0 aromatic heterocycles. The molecule has 5 nitrogen and oxygen atoms in total. The van der Waals surface area contributed by atoms with Crippen LogP contribution < -0.4 is 0 Å². The maximum Gasteiger partial charge on any atom is 0.697 e. The van der Waals surface area contributed by atoms with Crippen LogP contribution in [-0.4, -0.2) is 39.2 Å². The molecule has 0 aliphatic rings. The third-order valence-corrected chi connectivity index (χ3v) is 2.29. The molecular weight excluding hydrogens is 321 g/mol. The Kier molecular flexibility index (Phi) is 9.23. The molecule has 120 valence electrons. The molecule has 0 aliphatic heterocycles. The smallest absolute Gasteiger partial charge is 0.292 e. The summed E-state index contributed by atoms with van der Waals surface area (Å²) in [6, 6.07) is 0. The number of alkyl halides is 6. The van der Waals surface area contributed by atoms with Gasteiger partial charge in [0, 0.05) is 4.57 Å². The van der Waals surface area contributed by atoms with Gasteiger partial charge in [-0.25, -0.2) is 0 Å². The molecule has 0 N–H and O–H groups in total. The fourth-order valence-corrected chi connectivity index (χ4v) is 1.44. The molecule has 0 radical (unpaired) electrons. The van der Waals surface area contributed by atoms with Gasteiger partial charge >= 0.3 is 21.0 Å². The van der Waals surface area contributed by atoms with Crippen LogP contribution in [0.5, 0.6) is 0 Å². The molecule has 0 aromatic carbocycles. The molecule has 0 bridgehead atoms. The summed E-state index contributed by atoms with van der Waals surface area (Å²) in [6.07, 6.45) is -9.81. The molecule has 0 spiro atoms. The Hall–Kier alpha value is -0.480. The molecule has 0 saturated carbocycles. The van der Waals surface area contributed by atoms with E-state index >= 15 is 0 Å². The normalized spacial score (nSPS) is 12.7. The topological polar surface area (TPSA) is 54.0 Å². The average Bonchev–Trinajstić information content (AvgIpc) is 2.25. The number of hydrogen-bond acceptors (Lipinski definition) is 5. The van der Waals surface area contributed by atoms with E-state index in [1.54, 1.807) is 0 Å². The molecule has 0 aliphatic carbocycles. The second-order valence-corrected chi connectivity index (χ2v) is 4.15. The van der Waals surface area contributed by atoms with Gasteiger partial charge in [-0.05, 0) is 12.8 Å². The monoisotopic (exact) mass is 333 g/mol. The predicted octanol–water partition coefficient (Wildman–Crippen LogP) is 3.53. The zero-order valence-electron chi connectivity index (χ0n) is 10.00. The van der Waals surface area contributed by atoms with Crippen molar-refractivity contribution in [1.29, 1.82) is 0 Å². The van der Waals surface area contributed by atoms with E-state index in [1.807, 2.05) is 0 Å². The van der Waals surface area contributed by atoms with E-state index in [9.17, 15) is 30.9 Å². The molecule has 0 fully saturated rings. The quantitative estimate of drug-likeness (QED) is 0.348. The number of halogens is 6. The lowest BCUT2D eigenvalue weighted by Crippen LogP contribution is -2.15. The largest absolute Gasteiger partial charge is 0.697 e. The van der Waals surface area contributed by atoms with Gasteiger partial charge < -0.3 is 0 Å². The van der Waals surface area contributed by atoms with Crippen molar-refractivity contribution in [2.45, 2.75) is 25.6 Å². The first-order chi connectivity index (χ1) is 9.10. The van der Waals surface area contributed by atoms with Crippen molar-refractivity contribution in [3.05, 3.63) is 0 Å². The van der Waals surface area contributed by atoms with Crippen LogP contribution in [0, 0.1) is 0 Å². The fraction of sp³-hybridized carbons (Fsp3) is 1.00. The van der Waals surface area contributed by atoms with E-state index in [4.69, 9.17) is 0 Å². The van der Waals surface area contributed by atoms with E-state index in [-0.39, 0.29) is 26.1 Å². The second kappa shape index (κ2) is 9.46. The molecule has 0 rings (SSSR count). The molecule has 0 atom stereocenters. The standard InChI is InChI=1S/C8H12F6O5P/c9-7(10,11)16-3-1-5-18-20(15)19-6-2-4-17-8(12,13)14/h1-6H2/q+1. The Morgan fingerprint density at radius 1 is 0.700 bits per heavy atom. The van der Waals surface area contributed by atoms with E-state index < -0.39 is 34.2 Å². The zero-order chi connectivity index (χ0) is 15.6. The molecule has 0 aromatic rings. The van der Waals surface area contributed by atoms with Gasteiger partial charge in [-0.3, -0.25) is 9.47 Å². The summed E-state index contributed by atoms with van der Waals surface area (Å²) in [5.41, 5.74) is 0. The second-order valence-electron chi connectivity index (χ2n) is 3.19. The Balaban J connectivity index is 3.38. The van der Waals surface area contributed by atoms with E-state index in [0.717, 1.165) is 0 Å². The summed E-state index contributed by atoms with van der Waals surface area (Å²) < 4.78 is 95.9. The van der Waals surface area contributed by atoms with Crippen LogP contribution in [0.2, 0.25) is 0 Å². The van der Waals surface area contributed by atoms with Crippen molar-refractivity contribution in [3.8, 4) is 0 Å². The first-order valence-electron chi connectivity index (χ1n) is 5.24. The van der Waals surface area contributed by atoms with Gasteiger partial charge in [0.1, 0.15) is 13.2 Å². The van der Waals surface area contributed by atoms with Crippen LogP contribution in [0.15, 0.2) is 0 Å². The SMILES string of the molecule is O=[P+](OCCCOC(F)(F)F)OCCCOC(F)(F)F. The summed E-state index contributed by atoms with van der Waals surface area (Å²) >= 11 is 0. The van der Waals surface area contributed by atoms with Gasteiger partial charge in [-0.15, -0.1) is 35.4 Å². The summed E-state index contributed by atoms with van der Waals surface area (Å²) in [5, 5.41) is 0. The van der Waals surface area contributed by atoms with Crippen molar-refractivity contribution in [1.82, 2.24) is 0 Å². The molecule has 0 amide bonds. The minimum Gasteiger partial charge on any atom is -0.292 e. The first kappa shape index (κ1) is 19.5. The highest BCUT2D eigenvalue weighted by atomic mass is 31.1. The maximum absolute atomic E-state index is 11.5. The van der Waals surface area contributed by atoms with E-state index in [0.29, 0.717) is 0 Å². The lowest BCUT2D eigenvalue weighted by molar-refractivity contribution is -0.325. The minimum absolute atomic E-state index is 0.166. The molecule has 12 heteroatoms. The first-order valence-corrected chi connectivity index (χ1v) is 6.34. The lowest BCUT2D eigenvalue weighted by Gasteiger charge is -2.05. The number of rotatable bonds is 10. The van der Waals surface area contributed by atoms with Crippen LogP contribution in [-0.2, 0) is 23.1 Å².